The Morgan fingerprint density at radius 2 is 1.90 bits per heavy atom. The van der Waals surface area contributed by atoms with Gasteiger partial charge >= 0.3 is 0 Å². The summed E-state index contributed by atoms with van der Waals surface area (Å²) in [6.07, 6.45) is 2.29. The van der Waals surface area contributed by atoms with Crippen molar-refractivity contribution in [3.8, 4) is 11.1 Å². The van der Waals surface area contributed by atoms with Gasteiger partial charge in [0, 0.05) is 23.1 Å². The van der Waals surface area contributed by atoms with Gasteiger partial charge in [-0.25, -0.2) is 19.5 Å². The summed E-state index contributed by atoms with van der Waals surface area (Å²) in [5.41, 5.74) is 3.67. The lowest BCUT2D eigenvalue weighted by molar-refractivity contribution is 0.102. The second kappa shape index (κ2) is 7.31. The first-order chi connectivity index (χ1) is 14.0. The lowest BCUT2D eigenvalue weighted by Crippen LogP contribution is -2.29. The van der Waals surface area contributed by atoms with Crippen LogP contribution in [0.3, 0.4) is 0 Å². The summed E-state index contributed by atoms with van der Waals surface area (Å²) in [7, 11) is 0. The van der Waals surface area contributed by atoms with Gasteiger partial charge in [0.15, 0.2) is 5.65 Å². The Balaban J connectivity index is 1.80. The number of hydrogen-bond acceptors (Lipinski definition) is 5. The Morgan fingerprint density at radius 3 is 2.62 bits per heavy atom. The minimum Gasteiger partial charge on any atom is -0.293 e. The Labute approximate surface area is 166 Å². The average molecular weight is 388 g/mol. The lowest BCUT2D eigenvalue weighted by atomic mass is 10.1. The molecule has 0 saturated heterocycles. The predicted octanol–water partition coefficient (Wildman–Crippen LogP) is 2.91. The molecule has 0 aliphatic carbocycles. The first-order valence-corrected chi connectivity index (χ1v) is 9.30. The van der Waals surface area contributed by atoms with Crippen molar-refractivity contribution in [2.45, 2.75) is 27.2 Å². The number of carbonyl (C=O) groups excluding carboxylic acids is 1. The maximum absolute atomic E-state index is 13.1. The van der Waals surface area contributed by atoms with E-state index in [1.807, 2.05) is 44.2 Å². The van der Waals surface area contributed by atoms with E-state index in [1.54, 1.807) is 19.2 Å². The Hall–Kier alpha value is -3.81. The molecular formula is C21H20N6O2. The molecule has 0 bridgehead atoms. The summed E-state index contributed by atoms with van der Waals surface area (Å²) in [6.45, 7) is 5.48. The fourth-order valence-electron chi connectivity index (χ4n) is 3.32. The summed E-state index contributed by atoms with van der Waals surface area (Å²) in [4.78, 5) is 38.8. The zero-order valence-corrected chi connectivity index (χ0v) is 16.4. The largest absolute Gasteiger partial charge is 0.293 e. The third kappa shape index (κ3) is 3.29. The number of nitrogens with one attached hydrogen (secondary N) is 2. The van der Waals surface area contributed by atoms with E-state index in [1.165, 1.54) is 4.52 Å². The Morgan fingerprint density at radius 1 is 1.14 bits per heavy atom. The monoisotopic (exact) mass is 388 g/mol. The SMILES string of the molecule is CCc1ccnc(NC(=O)c2c(C)nc3c(-c4ccccc4)c(C)[nH]n3c2=O)n1. The molecule has 8 heteroatoms. The summed E-state index contributed by atoms with van der Waals surface area (Å²) < 4.78 is 1.31. The van der Waals surface area contributed by atoms with Crippen molar-refractivity contribution in [2.75, 3.05) is 5.32 Å². The number of nitrogens with zero attached hydrogens (tertiary/aromatic N) is 4. The highest BCUT2D eigenvalue weighted by Gasteiger charge is 2.22. The van der Waals surface area contributed by atoms with Gasteiger partial charge in [-0.05, 0) is 31.9 Å². The molecule has 8 nitrogen and oxygen atoms in total. The number of amides is 1. The number of aryl methyl sites for hydroxylation is 3. The lowest BCUT2D eigenvalue weighted by Gasteiger charge is -2.07. The molecule has 0 unspecified atom stereocenters. The summed E-state index contributed by atoms with van der Waals surface area (Å²) in [5.74, 6) is -0.429. The van der Waals surface area contributed by atoms with Crippen LogP contribution in [0.1, 0.15) is 34.4 Å². The molecule has 2 N–H and O–H groups in total. The molecule has 4 aromatic rings. The van der Waals surface area contributed by atoms with Crippen molar-refractivity contribution < 1.29 is 4.79 Å². The molecule has 3 aromatic heterocycles. The smallest absolute Gasteiger partial charge is 0.285 e. The van der Waals surface area contributed by atoms with Gasteiger partial charge in [-0.15, -0.1) is 0 Å². The van der Waals surface area contributed by atoms with Gasteiger partial charge in [0.2, 0.25) is 5.95 Å². The molecule has 0 radical (unpaired) electrons. The van der Waals surface area contributed by atoms with E-state index >= 15 is 0 Å². The van der Waals surface area contributed by atoms with Crippen LogP contribution >= 0.6 is 0 Å². The number of anilines is 1. The minimum absolute atomic E-state index is 0.0473. The second-order valence-electron chi connectivity index (χ2n) is 6.69. The third-order valence-corrected chi connectivity index (χ3v) is 4.73. The molecule has 29 heavy (non-hydrogen) atoms. The zero-order chi connectivity index (χ0) is 20.5. The molecule has 0 atom stereocenters. The van der Waals surface area contributed by atoms with Crippen LogP contribution in [0.2, 0.25) is 0 Å². The molecule has 146 valence electrons. The fraction of sp³-hybridized carbons (Fsp3) is 0.190. The summed E-state index contributed by atoms with van der Waals surface area (Å²) >= 11 is 0. The standard InChI is InChI=1S/C21H20N6O2/c1-4-15-10-11-22-21(24-15)25-19(28)17-12(2)23-18-16(14-8-6-5-7-9-14)13(3)26-27(18)20(17)29/h5-11,26H,4H2,1-3H3,(H,22,24,25,28). The van der Waals surface area contributed by atoms with Gasteiger partial charge in [0.1, 0.15) is 5.56 Å². The maximum Gasteiger partial charge on any atom is 0.285 e. The van der Waals surface area contributed by atoms with Gasteiger partial charge in [0.05, 0.1) is 5.69 Å². The van der Waals surface area contributed by atoms with Crippen LogP contribution in [-0.2, 0) is 6.42 Å². The summed E-state index contributed by atoms with van der Waals surface area (Å²) in [5, 5.41) is 5.63. The van der Waals surface area contributed by atoms with E-state index in [0.717, 1.165) is 22.5 Å². The number of aromatic amines is 1. The van der Waals surface area contributed by atoms with Crippen LogP contribution in [-0.4, -0.2) is 30.5 Å². The van der Waals surface area contributed by atoms with E-state index in [4.69, 9.17) is 0 Å². The number of carbonyl (C=O) groups is 1. The van der Waals surface area contributed by atoms with Crippen molar-refractivity contribution in [1.82, 2.24) is 24.6 Å². The molecular weight excluding hydrogens is 368 g/mol. The van der Waals surface area contributed by atoms with Crippen LogP contribution < -0.4 is 10.9 Å². The van der Waals surface area contributed by atoms with Gasteiger partial charge in [-0.2, -0.15) is 0 Å². The number of hydrogen-bond donors (Lipinski definition) is 2. The van der Waals surface area contributed by atoms with Gasteiger partial charge in [0.25, 0.3) is 11.5 Å². The zero-order valence-electron chi connectivity index (χ0n) is 16.4. The topological polar surface area (TPSA) is 105 Å². The van der Waals surface area contributed by atoms with Crippen molar-refractivity contribution in [3.05, 3.63) is 75.6 Å². The Bertz CT molecular complexity index is 1270. The van der Waals surface area contributed by atoms with Crippen molar-refractivity contribution in [1.29, 1.82) is 0 Å². The van der Waals surface area contributed by atoms with Crippen molar-refractivity contribution >= 4 is 17.5 Å². The van der Waals surface area contributed by atoms with Crippen LogP contribution in [0, 0.1) is 13.8 Å². The van der Waals surface area contributed by atoms with E-state index in [0.29, 0.717) is 17.8 Å². The van der Waals surface area contributed by atoms with Crippen LogP contribution in [0.15, 0.2) is 47.4 Å². The second-order valence-corrected chi connectivity index (χ2v) is 6.69. The van der Waals surface area contributed by atoms with E-state index < -0.39 is 11.5 Å². The summed E-state index contributed by atoms with van der Waals surface area (Å²) in [6, 6.07) is 11.5. The molecule has 4 rings (SSSR count). The molecule has 1 amide bonds. The highest BCUT2D eigenvalue weighted by atomic mass is 16.2. The van der Waals surface area contributed by atoms with Gasteiger partial charge < -0.3 is 0 Å². The first kappa shape index (κ1) is 18.5. The van der Waals surface area contributed by atoms with Crippen LogP contribution in [0.4, 0.5) is 5.95 Å². The molecule has 0 spiro atoms. The highest BCUT2D eigenvalue weighted by Crippen LogP contribution is 2.26. The van der Waals surface area contributed by atoms with Gasteiger partial charge in [-0.3, -0.25) is 20.0 Å². The quantitative estimate of drug-likeness (QED) is 0.559. The van der Waals surface area contributed by atoms with Crippen molar-refractivity contribution in [3.63, 3.8) is 0 Å². The number of rotatable bonds is 4. The van der Waals surface area contributed by atoms with E-state index in [-0.39, 0.29) is 11.5 Å². The van der Waals surface area contributed by atoms with Crippen LogP contribution in [0.5, 0.6) is 0 Å². The maximum atomic E-state index is 13.1. The Kier molecular flexibility index (Phi) is 4.67. The van der Waals surface area contributed by atoms with E-state index in [2.05, 4.69) is 25.4 Å². The van der Waals surface area contributed by atoms with E-state index in [9.17, 15) is 9.59 Å². The fourth-order valence-corrected chi connectivity index (χ4v) is 3.32. The molecule has 0 aliphatic rings. The number of benzene rings is 1. The van der Waals surface area contributed by atoms with Crippen LogP contribution in [0.25, 0.3) is 16.8 Å². The molecule has 0 aliphatic heterocycles. The number of H-pyrrole nitrogens is 1. The minimum atomic E-state index is -0.587. The first-order valence-electron chi connectivity index (χ1n) is 9.30. The molecule has 0 fully saturated rings. The highest BCUT2D eigenvalue weighted by molar-refractivity contribution is 6.04. The molecule has 0 saturated carbocycles. The average Bonchev–Trinajstić information content (AvgIpc) is 3.05. The third-order valence-electron chi connectivity index (χ3n) is 4.73. The number of aromatic nitrogens is 5. The normalized spacial score (nSPS) is 11.0. The van der Waals surface area contributed by atoms with Crippen molar-refractivity contribution in [2.24, 2.45) is 0 Å². The molecule has 3 heterocycles. The molecule has 1 aromatic carbocycles. The predicted molar refractivity (Wildman–Crippen MR) is 110 cm³/mol. The van der Waals surface area contributed by atoms with Gasteiger partial charge in [-0.1, -0.05) is 37.3 Å². The number of fused-ring (bicyclic) bond motifs is 1.